The van der Waals surface area contributed by atoms with Gasteiger partial charge in [-0.3, -0.25) is 9.78 Å². The highest BCUT2D eigenvalue weighted by Gasteiger charge is 2.16. The molecule has 1 amide bonds. The summed E-state index contributed by atoms with van der Waals surface area (Å²) in [5, 5.41) is 12.3. The highest BCUT2D eigenvalue weighted by Crippen LogP contribution is 2.36. The van der Waals surface area contributed by atoms with Crippen LogP contribution >= 0.6 is 0 Å². The fourth-order valence-electron chi connectivity index (χ4n) is 3.10. The molecular weight excluding hydrogens is 354 g/mol. The number of nitrogens with one attached hydrogen (secondary N) is 1. The van der Waals surface area contributed by atoms with E-state index in [2.05, 4.69) is 15.3 Å². The molecule has 28 heavy (non-hydrogen) atoms. The Bertz CT molecular complexity index is 969. The van der Waals surface area contributed by atoms with E-state index in [0.717, 1.165) is 34.2 Å². The van der Waals surface area contributed by atoms with Crippen molar-refractivity contribution in [2.75, 3.05) is 18.8 Å². The molecule has 0 saturated carbocycles. The summed E-state index contributed by atoms with van der Waals surface area (Å²) in [6.07, 6.45) is 4.12. The summed E-state index contributed by atoms with van der Waals surface area (Å²) in [6.45, 7) is 2.82. The topological polar surface area (TPSA) is 127 Å². The van der Waals surface area contributed by atoms with Crippen molar-refractivity contribution in [2.24, 2.45) is 5.73 Å². The number of amides is 1. The summed E-state index contributed by atoms with van der Waals surface area (Å²) < 4.78 is 0. The van der Waals surface area contributed by atoms with Crippen LogP contribution < -0.4 is 16.8 Å². The minimum absolute atomic E-state index is 0.192. The Morgan fingerprint density at radius 3 is 2.39 bits per heavy atom. The number of aromatic hydroxyl groups is 1. The van der Waals surface area contributed by atoms with Gasteiger partial charge in [-0.2, -0.15) is 0 Å². The molecule has 0 aliphatic heterocycles. The number of nitrogens with zero attached hydrogens (tertiary/aromatic N) is 2. The smallest absolute Gasteiger partial charge is 0.269 e. The summed E-state index contributed by atoms with van der Waals surface area (Å²) in [5.41, 5.74) is 16.4. The fourth-order valence-corrected chi connectivity index (χ4v) is 3.10. The lowest BCUT2D eigenvalue weighted by atomic mass is 9.92. The molecule has 3 rings (SSSR count). The zero-order chi connectivity index (χ0) is 20.1. The Balaban J connectivity index is 2.02. The van der Waals surface area contributed by atoms with Crippen molar-refractivity contribution in [1.29, 1.82) is 0 Å². The van der Waals surface area contributed by atoms with E-state index in [-0.39, 0.29) is 11.7 Å². The molecule has 0 saturated heterocycles. The highest BCUT2D eigenvalue weighted by atomic mass is 16.3. The molecule has 0 unspecified atom stereocenters. The standard InChI is InChI=1S/C21H23N5O2/c1-2-16-17(14-5-8-18(25-11-14)21(28)24-10-9-22)12-26-20(23)19(16)13-3-6-15(27)7-4-13/h3-8,11-12,27H,2,9-10,22H2,1H3,(H2,23,26)(H,24,28). The van der Waals surface area contributed by atoms with Gasteiger partial charge in [-0.1, -0.05) is 25.1 Å². The number of phenolic OH excluding ortho intramolecular Hbond substituents is 1. The first-order valence-electron chi connectivity index (χ1n) is 9.06. The number of carbonyl (C=O) groups excluding carboxylic acids is 1. The normalized spacial score (nSPS) is 10.6. The highest BCUT2D eigenvalue weighted by molar-refractivity contribution is 5.92. The maximum Gasteiger partial charge on any atom is 0.269 e. The lowest BCUT2D eigenvalue weighted by Gasteiger charge is -2.16. The van der Waals surface area contributed by atoms with E-state index in [1.54, 1.807) is 30.6 Å². The molecule has 2 aromatic heterocycles. The maximum atomic E-state index is 12.0. The van der Waals surface area contributed by atoms with E-state index in [0.29, 0.717) is 24.6 Å². The third-order valence-corrected chi connectivity index (χ3v) is 4.46. The molecule has 0 atom stereocenters. The number of carbonyl (C=O) groups is 1. The molecule has 7 heteroatoms. The van der Waals surface area contributed by atoms with E-state index in [1.807, 2.05) is 25.1 Å². The van der Waals surface area contributed by atoms with Gasteiger partial charge in [0.25, 0.3) is 5.91 Å². The monoisotopic (exact) mass is 377 g/mol. The molecule has 6 N–H and O–H groups in total. The van der Waals surface area contributed by atoms with Gasteiger partial charge >= 0.3 is 0 Å². The first-order chi connectivity index (χ1) is 13.5. The minimum Gasteiger partial charge on any atom is -0.508 e. The largest absolute Gasteiger partial charge is 0.508 e. The average Bonchev–Trinajstić information content (AvgIpc) is 2.72. The number of hydrogen-bond acceptors (Lipinski definition) is 6. The van der Waals surface area contributed by atoms with Gasteiger partial charge in [-0.05, 0) is 35.7 Å². The molecule has 144 valence electrons. The van der Waals surface area contributed by atoms with Gasteiger partial charge in [0, 0.05) is 42.2 Å². The molecule has 0 bridgehead atoms. The van der Waals surface area contributed by atoms with Crippen LogP contribution in [0.1, 0.15) is 23.0 Å². The number of rotatable bonds is 6. The number of phenols is 1. The molecule has 0 aliphatic carbocycles. The van der Waals surface area contributed by atoms with E-state index >= 15 is 0 Å². The van der Waals surface area contributed by atoms with Crippen LogP contribution in [0, 0.1) is 0 Å². The maximum absolute atomic E-state index is 12.0. The lowest BCUT2D eigenvalue weighted by molar-refractivity contribution is 0.0950. The van der Waals surface area contributed by atoms with Crippen molar-refractivity contribution in [3.05, 3.63) is 60.0 Å². The van der Waals surface area contributed by atoms with Crippen LogP contribution in [0.25, 0.3) is 22.3 Å². The van der Waals surface area contributed by atoms with Gasteiger partial charge in [-0.15, -0.1) is 0 Å². The van der Waals surface area contributed by atoms with Crippen LogP contribution in [-0.4, -0.2) is 34.1 Å². The van der Waals surface area contributed by atoms with Crippen molar-refractivity contribution in [2.45, 2.75) is 13.3 Å². The van der Waals surface area contributed by atoms with Crippen molar-refractivity contribution >= 4 is 11.7 Å². The molecular formula is C21H23N5O2. The van der Waals surface area contributed by atoms with E-state index in [9.17, 15) is 9.90 Å². The predicted octanol–water partition coefficient (Wildman–Crippen LogP) is 2.35. The molecule has 1 aromatic carbocycles. The van der Waals surface area contributed by atoms with E-state index in [4.69, 9.17) is 11.5 Å². The number of anilines is 1. The van der Waals surface area contributed by atoms with Crippen LogP contribution in [0.5, 0.6) is 5.75 Å². The van der Waals surface area contributed by atoms with Gasteiger partial charge in [-0.25, -0.2) is 4.98 Å². The lowest BCUT2D eigenvalue weighted by Crippen LogP contribution is -2.29. The summed E-state index contributed by atoms with van der Waals surface area (Å²) >= 11 is 0. The first kappa shape index (κ1) is 19.3. The molecule has 0 aliphatic rings. The van der Waals surface area contributed by atoms with Crippen LogP contribution in [0.4, 0.5) is 5.82 Å². The number of pyridine rings is 2. The Hall–Kier alpha value is -3.45. The quantitative estimate of drug-likeness (QED) is 0.522. The van der Waals surface area contributed by atoms with Gasteiger partial charge in [0.05, 0.1) is 0 Å². The van der Waals surface area contributed by atoms with Crippen molar-refractivity contribution in [3.63, 3.8) is 0 Å². The third kappa shape index (κ3) is 3.94. The Morgan fingerprint density at radius 2 is 1.79 bits per heavy atom. The Labute approximate surface area is 163 Å². The zero-order valence-electron chi connectivity index (χ0n) is 15.6. The summed E-state index contributed by atoms with van der Waals surface area (Å²) in [4.78, 5) is 20.6. The number of nitrogen functional groups attached to an aromatic ring is 1. The van der Waals surface area contributed by atoms with Crippen molar-refractivity contribution in [3.8, 4) is 28.0 Å². The molecule has 0 radical (unpaired) electrons. The second-order valence-electron chi connectivity index (χ2n) is 6.29. The minimum atomic E-state index is -0.257. The fraction of sp³-hybridized carbons (Fsp3) is 0.190. The van der Waals surface area contributed by atoms with Crippen LogP contribution in [-0.2, 0) is 6.42 Å². The van der Waals surface area contributed by atoms with Crippen LogP contribution in [0.2, 0.25) is 0 Å². The van der Waals surface area contributed by atoms with Crippen molar-refractivity contribution in [1.82, 2.24) is 15.3 Å². The van der Waals surface area contributed by atoms with Crippen molar-refractivity contribution < 1.29 is 9.90 Å². The average molecular weight is 377 g/mol. The Morgan fingerprint density at radius 1 is 1.07 bits per heavy atom. The number of hydrogen-bond donors (Lipinski definition) is 4. The predicted molar refractivity (Wildman–Crippen MR) is 110 cm³/mol. The number of aromatic nitrogens is 2. The van der Waals surface area contributed by atoms with E-state index in [1.165, 1.54) is 0 Å². The number of nitrogens with two attached hydrogens (primary N) is 2. The van der Waals surface area contributed by atoms with E-state index < -0.39 is 0 Å². The first-order valence-corrected chi connectivity index (χ1v) is 9.06. The molecule has 0 spiro atoms. The molecule has 7 nitrogen and oxygen atoms in total. The van der Waals surface area contributed by atoms with Gasteiger partial charge in [0.2, 0.25) is 0 Å². The van der Waals surface area contributed by atoms with Crippen LogP contribution in [0.15, 0.2) is 48.8 Å². The Kier molecular flexibility index (Phi) is 5.86. The van der Waals surface area contributed by atoms with Gasteiger partial charge in [0.15, 0.2) is 0 Å². The zero-order valence-corrected chi connectivity index (χ0v) is 15.6. The summed E-state index contributed by atoms with van der Waals surface area (Å²) in [7, 11) is 0. The molecule has 3 aromatic rings. The number of benzene rings is 1. The second kappa shape index (κ2) is 8.49. The van der Waals surface area contributed by atoms with Crippen LogP contribution in [0.3, 0.4) is 0 Å². The molecule has 2 heterocycles. The summed E-state index contributed by atoms with van der Waals surface area (Å²) in [5.74, 6) is 0.363. The second-order valence-corrected chi connectivity index (χ2v) is 6.29. The van der Waals surface area contributed by atoms with Gasteiger partial charge < -0.3 is 21.9 Å². The van der Waals surface area contributed by atoms with Gasteiger partial charge in [0.1, 0.15) is 17.3 Å². The SMILES string of the molecule is CCc1c(-c2ccc(C(=O)NCCN)nc2)cnc(N)c1-c1ccc(O)cc1. The summed E-state index contributed by atoms with van der Waals surface area (Å²) in [6, 6.07) is 10.4. The third-order valence-electron chi connectivity index (χ3n) is 4.46. The molecule has 0 fully saturated rings.